The molecule has 0 unspecified atom stereocenters. The van der Waals surface area contributed by atoms with Gasteiger partial charge in [-0.05, 0) is 23.8 Å². The molecule has 6 nitrogen and oxygen atoms in total. The number of anilines is 1. The highest BCUT2D eigenvalue weighted by Crippen LogP contribution is 2.32. The lowest BCUT2D eigenvalue weighted by Gasteiger charge is -2.10. The summed E-state index contributed by atoms with van der Waals surface area (Å²) in [5, 5.41) is 12.9. The number of aromatic carboxylic acids is 1. The number of amides is 1. The Hall–Kier alpha value is -2.63. The predicted molar refractivity (Wildman–Crippen MR) is 72.7 cm³/mol. The molecule has 1 N–H and O–H groups in total. The van der Waals surface area contributed by atoms with Crippen molar-refractivity contribution in [2.45, 2.75) is 6.42 Å². The number of rotatable bonds is 2. The van der Waals surface area contributed by atoms with Crippen LogP contribution in [0.25, 0.3) is 11.3 Å². The Balaban J connectivity index is 2.07. The number of carboxylic acid groups (broad SMARTS) is 1. The Labute approximate surface area is 115 Å². The van der Waals surface area contributed by atoms with Crippen LogP contribution in [-0.2, 0) is 18.3 Å². The molecular weight excluding hydrogens is 258 g/mol. The molecule has 1 aliphatic rings. The minimum Gasteiger partial charge on any atom is -0.476 e. The number of carbonyl (C=O) groups is 2. The lowest BCUT2D eigenvalue weighted by molar-refractivity contribution is -0.117. The van der Waals surface area contributed by atoms with Gasteiger partial charge in [0.2, 0.25) is 5.91 Å². The number of carboxylic acids is 1. The van der Waals surface area contributed by atoms with Crippen LogP contribution in [0.15, 0.2) is 24.3 Å². The van der Waals surface area contributed by atoms with Crippen LogP contribution in [0.1, 0.15) is 16.1 Å². The molecule has 0 fully saturated rings. The Morgan fingerprint density at radius 3 is 2.70 bits per heavy atom. The van der Waals surface area contributed by atoms with E-state index >= 15 is 0 Å². The van der Waals surface area contributed by atoms with Crippen molar-refractivity contribution in [3.63, 3.8) is 0 Å². The number of carbonyl (C=O) groups excluding carboxylic acids is 1. The van der Waals surface area contributed by atoms with Crippen molar-refractivity contribution in [2.75, 3.05) is 11.9 Å². The standard InChI is InChI=1S/C14H13N3O3/c1-16-11-4-3-8(5-9(11)6-13(16)18)12-7-10(14(19)20)15-17(12)2/h3-5,7H,6H2,1-2H3,(H,19,20). The summed E-state index contributed by atoms with van der Waals surface area (Å²) in [5.74, 6) is -0.990. The minimum atomic E-state index is -1.05. The summed E-state index contributed by atoms with van der Waals surface area (Å²) >= 11 is 0. The number of hydrogen-bond acceptors (Lipinski definition) is 3. The molecular formula is C14H13N3O3. The van der Waals surface area contributed by atoms with Crippen LogP contribution in [0.4, 0.5) is 5.69 Å². The van der Waals surface area contributed by atoms with Gasteiger partial charge in [-0.25, -0.2) is 4.79 Å². The zero-order valence-corrected chi connectivity index (χ0v) is 11.1. The van der Waals surface area contributed by atoms with Crippen molar-refractivity contribution < 1.29 is 14.7 Å². The van der Waals surface area contributed by atoms with Crippen molar-refractivity contribution in [2.24, 2.45) is 7.05 Å². The molecule has 102 valence electrons. The predicted octanol–water partition coefficient (Wildman–Crippen LogP) is 1.30. The second kappa shape index (κ2) is 4.19. The van der Waals surface area contributed by atoms with Gasteiger partial charge in [0, 0.05) is 25.3 Å². The highest BCUT2D eigenvalue weighted by Gasteiger charge is 2.24. The van der Waals surface area contributed by atoms with Crippen LogP contribution in [0.5, 0.6) is 0 Å². The molecule has 1 amide bonds. The van der Waals surface area contributed by atoms with Crippen LogP contribution in [0, 0.1) is 0 Å². The lowest BCUT2D eigenvalue weighted by Crippen LogP contribution is -2.20. The van der Waals surface area contributed by atoms with Crippen molar-refractivity contribution >= 4 is 17.6 Å². The van der Waals surface area contributed by atoms with Crippen LogP contribution >= 0.6 is 0 Å². The maximum absolute atomic E-state index is 11.7. The lowest BCUT2D eigenvalue weighted by atomic mass is 10.1. The maximum atomic E-state index is 11.7. The normalized spacial score (nSPS) is 13.7. The molecule has 6 heteroatoms. The van der Waals surface area contributed by atoms with Crippen LogP contribution in [0.3, 0.4) is 0 Å². The quantitative estimate of drug-likeness (QED) is 0.893. The number of fused-ring (bicyclic) bond motifs is 1. The summed E-state index contributed by atoms with van der Waals surface area (Å²) in [5.41, 5.74) is 3.44. The van der Waals surface area contributed by atoms with Crippen molar-refractivity contribution in [1.29, 1.82) is 0 Å². The van der Waals surface area contributed by atoms with Gasteiger partial charge in [-0.15, -0.1) is 0 Å². The molecule has 1 aliphatic heterocycles. The first kappa shape index (κ1) is 12.4. The Morgan fingerprint density at radius 2 is 2.05 bits per heavy atom. The molecule has 20 heavy (non-hydrogen) atoms. The summed E-state index contributed by atoms with van der Waals surface area (Å²) in [7, 11) is 3.45. The monoisotopic (exact) mass is 271 g/mol. The van der Waals surface area contributed by atoms with Crippen LogP contribution in [-0.4, -0.2) is 33.8 Å². The second-order valence-corrected chi connectivity index (χ2v) is 4.82. The Kier molecular flexibility index (Phi) is 2.60. The third-order valence-corrected chi connectivity index (χ3v) is 3.55. The molecule has 0 radical (unpaired) electrons. The van der Waals surface area contributed by atoms with E-state index in [1.54, 1.807) is 19.0 Å². The molecule has 0 spiro atoms. The van der Waals surface area contributed by atoms with Gasteiger partial charge in [-0.2, -0.15) is 5.10 Å². The largest absolute Gasteiger partial charge is 0.476 e. The number of nitrogens with zero attached hydrogens (tertiary/aromatic N) is 3. The molecule has 0 atom stereocenters. The fourth-order valence-corrected chi connectivity index (χ4v) is 2.47. The minimum absolute atomic E-state index is 0.0104. The van der Waals surface area contributed by atoms with Gasteiger partial charge in [0.05, 0.1) is 12.1 Å². The van der Waals surface area contributed by atoms with E-state index in [0.717, 1.165) is 16.8 Å². The van der Waals surface area contributed by atoms with E-state index in [0.29, 0.717) is 12.1 Å². The van der Waals surface area contributed by atoms with E-state index in [2.05, 4.69) is 5.10 Å². The number of likely N-dealkylation sites (N-methyl/N-ethyl adjacent to an activating group) is 1. The fourth-order valence-electron chi connectivity index (χ4n) is 2.47. The molecule has 1 aromatic carbocycles. The van der Waals surface area contributed by atoms with E-state index in [1.165, 1.54) is 10.7 Å². The van der Waals surface area contributed by atoms with Gasteiger partial charge < -0.3 is 10.0 Å². The highest BCUT2D eigenvalue weighted by atomic mass is 16.4. The first-order valence-corrected chi connectivity index (χ1v) is 6.14. The van der Waals surface area contributed by atoms with E-state index < -0.39 is 5.97 Å². The van der Waals surface area contributed by atoms with Gasteiger partial charge in [0.15, 0.2) is 5.69 Å². The van der Waals surface area contributed by atoms with Crippen LogP contribution < -0.4 is 4.90 Å². The third-order valence-electron chi connectivity index (χ3n) is 3.55. The van der Waals surface area contributed by atoms with Crippen molar-refractivity contribution in [3.8, 4) is 11.3 Å². The Morgan fingerprint density at radius 1 is 1.30 bits per heavy atom. The average Bonchev–Trinajstić information content (AvgIpc) is 2.91. The van der Waals surface area contributed by atoms with E-state index in [4.69, 9.17) is 5.11 Å². The zero-order chi connectivity index (χ0) is 14.4. The maximum Gasteiger partial charge on any atom is 0.356 e. The number of aromatic nitrogens is 2. The van der Waals surface area contributed by atoms with Gasteiger partial charge >= 0.3 is 5.97 Å². The van der Waals surface area contributed by atoms with Gasteiger partial charge in [0.25, 0.3) is 0 Å². The topological polar surface area (TPSA) is 75.4 Å². The smallest absolute Gasteiger partial charge is 0.356 e. The molecule has 2 heterocycles. The molecule has 0 saturated heterocycles. The SMILES string of the molecule is CN1C(=O)Cc2cc(-c3cc(C(=O)O)nn3C)ccc21. The third kappa shape index (κ3) is 1.77. The zero-order valence-electron chi connectivity index (χ0n) is 11.1. The van der Waals surface area contributed by atoms with E-state index in [1.807, 2.05) is 18.2 Å². The molecule has 0 bridgehead atoms. The van der Waals surface area contributed by atoms with Crippen LogP contribution in [0.2, 0.25) is 0 Å². The summed E-state index contributed by atoms with van der Waals surface area (Å²) in [4.78, 5) is 24.2. The first-order valence-electron chi connectivity index (χ1n) is 6.14. The fraction of sp³-hybridized carbons (Fsp3) is 0.214. The van der Waals surface area contributed by atoms with Gasteiger partial charge in [0.1, 0.15) is 0 Å². The Bertz CT molecular complexity index is 733. The number of benzene rings is 1. The number of hydrogen-bond donors (Lipinski definition) is 1. The molecule has 1 aromatic heterocycles. The first-order chi connectivity index (χ1) is 9.47. The summed E-state index contributed by atoms with van der Waals surface area (Å²) in [6.45, 7) is 0. The number of aryl methyl sites for hydroxylation is 1. The molecule has 0 aliphatic carbocycles. The molecule has 2 aromatic rings. The van der Waals surface area contributed by atoms with E-state index in [9.17, 15) is 9.59 Å². The van der Waals surface area contributed by atoms with E-state index in [-0.39, 0.29) is 11.6 Å². The average molecular weight is 271 g/mol. The molecule has 0 saturated carbocycles. The van der Waals surface area contributed by atoms with Gasteiger partial charge in [-0.1, -0.05) is 6.07 Å². The summed E-state index contributed by atoms with van der Waals surface area (Å²) < 4.78 is 1.53. The van der Waals surface area contributed by atoms with Crippen molar-refractivity contribution in [3.05, 3.63) is 35.5 Å². The highest BCUT2D eigenvalue weighted by molar-refractivity contribution is 6.01. The van der Waals surface area contributed by atoms with Crippen molar-refractivity contribution in [1.82, 2.24) is 9.78 Å². The van der Waals surface area contributed by atoms with Gasteiger partial charge in [-0.3, -0.25) is 9.48 Å². The summed E-state index contributed by atoms with van der Waals surface area (Å²) in [6, 6.07) is 7.20. The summed E-state index contributed by atoms with van der Waals surface area (Å²) in [6.07, 6.45) is 0.378. The molecule has 3 rings (SSSR count). The second-order valence-electron chi connectivity index (χ2n) is 4.82.